The van der Waals surface area contributed by atoms with Crippen LogP contribution in [0.15, 0.2) is 39.7 Å². The summed E-state index contributed by atoms with van der Waals surface area (Å²) in [6.45, 7) is 0. The zero-order valence-corrected chi connectivity index (χ0v) is 17.6. The molecule has 2 heterocycles. The van der Waals surface area contributed by atoms with E-state index in [-0.39, 0.29) is 31.5 Å². The van der Waals surface area contributed by atoms with E-state index < -0.39 is 35.2 Å². The van der Waals surface area contributed by atoms with Crippen LogP contribution in [0.1, 0.15) is 12.2 Å². The van der Waals surface area contributed by atoms with Gasteiger partial charge in [0, 0.05) is 23.8 Å². The monoisotopic (exact) mass is 482 g/mol. The fourth-order valence-electron chi connectivity index (χ4n) is 2.72. The summed E-state index contributed by atoms with van der Waals surface area (Å²) in [5.74, 6) is -3.13. The largest absolute Gasteiger partial charge is 0.481 e. The maximum Gasteiger partial charge on any atom is 0.327 e. The van der Waals surface area contributed by atoms with Crippen LogP contribution in [-0.2, 0) is 14.4 Å². The first kappa shape index (κ1) is 22.5. The summed E-state index contributed by atoms with van der Waals surface area (Å²) in [6, 6.07) is 5.30. The molecule has 1 amide bonds. The Morgan fingerprint density at radius 3 is 2.61 bits per heavy atom. The lowest BCUT2D eigenvalue weighted by molar-refractivity contribution is -0.384. The van der Waals surface area contributed by atoms with Crippen molar-refractivity contribution < 1.29 is 33.9 Å². The quantitative estimate of drug-likeness (QED) is 0.259. The Kier molecular flexibility index (Phi) is 6.43. The number of thioether (sulfide) groups is 1. The summed E-state index contributed by atoms with van der Waals surface area (Å²) in [6.07, 6.45) is 0.528. The lowest BCUT2D eigenvalue weighted by Gasteiger charge is -2.21. The van der Waals surface area contributed by atoms with E-state index in [1.165, 1.54) is 30.3 Å². The van der Waals surface area contributed by atoms with E-state index in [9.17, 15) is 29.6 Å². The molecule has 3 rings (SSSR count). The average Bonchev–Trinajstić information content (AvgIpc) is 3.24. The number of non-ortho nitro benzene ring substituents is 1. The number of hydrogen-bond donors (Lipinski definition) is 2. The third-order valence-corrected chi connectivity index (χ3v) is 5.76. The van der Waals surface area contributed by atoms with Crippen molar-refractivity contribution in [2.24, 2.45) is 0 Å². The first-order valence-electron chi connectivity index (χ1n) is 8.34. The Hall–Kier alpha value is -3.22. The Balaban J connectivity index is 1.87. The van der Waals surface area contributed by atoms with Gasteiger partial charge >= 0.3 is 11.9 Å². The number of carboxylic acids is 2. The summed E-state index contributed by atoms with van der Waals surface area (Å²) in [7, 11) is 0. The second kappa shape index (κ2) is 8.88. The van der Waals surface area contributed by atoms with E-state index in [4.69, 9.17) is 33.3 Å². The molecule has 0 aliphatic carbocycles. The van der Waals surface area contributed by atoms with Crippen LogP contribution in [0.3, 0.4) is 0 Å². The minimum Gasteiger partial charge on any atom is -0.481 e. The fraction of sp³-hybridized carbons (Fsp3) is 0.111. The number of aliphatic carboxylic acids is 2. The standard InChI is InChI=1S/C18H11ClN2O8S2/c19-11-5-8(21(27)28)1-3-10(11)13-4-2-9(29-13)6-14-16(24)20(18(30)31-14)12(17(25)26)7-15(22)23/h1-6,12H,7H2,(H,22,23)(H,25,26)/b14-6-/t12-/m1/s1. The number of benzene rings is 1. The van der Waals surface area contributed by atoms with Gasteiger partial charge in [0.1, 0.15) is 21.9 Å². The van der Waals surface area contributed by atoms with Crippen molar-refractivity contribution in [1.82, 2.24) is 4.90 Å². The normalized spacial score (nSPS) is 16.0. The molecule has 0 saturated carbocycles. The zero-order chi connectivity index (χ0) is 22.9. The molecule has 10 nitrogen and oxygen atoms in total. The molecule has 31 heavy (non-hydrogen) atoms. The second-order valence-electron chi connectivity index (χ2n) is 6.13. The van der Waals surface area contributed by atoms with Gasteiger partial charge in [-0.05, 0) is 18.2 Å². The number of nitro groups is 1. The highest BCUT2D eigenvalue weighted by Crippen LogP contribution is 2.36. The number of rotatable bonds is 7. The highest BCUT2D eigenvalue weighted by molar-refractivity contribution is 8.26. The summed E-state index contributed by atoms with van der Waals surface area (Å²) in [4.78, 5) is 46.1. The predicted octanol–water partition coefficient (Wildman–Crippen LogP) is 3.64. The van der Waals surface area contributed by atoms with E-state index in [2.05, 4.69) is 0 Å². The number of halogens is 1. The highest BCUT2D eigenvalue weighted by Gasteiger charge is 2.41. The van der Waals surface area contributed by atoms with Gasteiger partial charge < -0.3 is 14.6 Å². The lowest BCUT2D eigenvalue weighted by Crippen LogP contribution is -2.45. The number of carbonyl (C=O) groups excluding carboxylic acids is 1. The average molecular weight is 483 g/mol. The zero-order valence-electron chi connectivity index (χ0n) is 15.2. The van der Waals surface area contributed by atoms with E-state index in [1.807, 2.05) is 0 Å². The third-order valence-electron chi connectivity index (χ3n) is 4.12. The first-order valence-corrected chi connectivity index (χ1v) is 9.94. The van der Waals surface area contributed by atoms with Gasteiger partial charge in [0.05, 0.1) is 21.3 Å². The van der Waals surface area contributed by atoms with Gasteiger partial charge in [-0.2, -0.15) is 0 Å². The first-order chi connectivity index (χ1) is 14.6. The second-order valence-corrected chi connectivity index (χ2v) is 8.21. The summed E-state index contributed by atoms with van der Waals surface area (Å²) in [5.41, 5.74) is 0.213. The molecular formula is C18H11ClN2O8S2. The minimum atomic E-state index is -1.64. The van der Waals surface area contributed by atoms with Crippen LogP contribution in [0, 0.1) is 10.1 Å². The third kappa shape index (κ3) is 4.76. The molecule has 2 aromatic rings. The Labute approximate surface area is 188 Å². The number of hydrogen-bond acceptors (Lipinski definition) is 8. The number of nitro benzene ring substituents is 1. The van der Waals surface area contributed by atoms with Gasteiger partial charge in [0.15, 0.2) is 0 Å². The maximum absolute atomic E-state index is 12.6. The van der Waals surface area contributed by atoms with Crippen molar-refractivity contribution >= 4 is 69.5 Å². The minimum absolute atomic E-state index is 0.0531. The molecule has 13 heteroatoms. The number of furan rings is 1. The van der Waals surface area contributed by atoms with Crippen LogP contribution < -0.4 is 0 Å². The Morgan fingerprint density at radius 2 is 2.03 bits per heavy atom. The van der Waals surface area contributed by atoms with Gasteiger partial charge in [-0.1, -0.05) is 35.6 Å². The molecule has 0 spiro atoms. The summed E-state index contributed by atoms with van der Waals surface area (Å²) in [5, 5.41) is 29.1. The van der Waals surface area contributed by atoms with Crippen molar-refractivity contribution in [2.45, 2.75) is 12.5 Å². The summed E-state index contributed by atoms with van der Waals surface area (Å²) < 4.78 is 5.55. The Morgan fingerprint density at radius 1 is 1.32 bits per heavy atom. The molecule has 160 valence electrons. The van der Waals surface area contributed by atoms with Crippen LogP contribution >= 0.6 is 35.6 Å². The van der Waals surface area contributed by atoms with Gasteiger partial charge in [-0.3, -0.25) is 24.6 Å². The fourth-order valence-corrected chi connectivity index (χ4v) is 4.33. The van der Waals surface area contributed by atoms with Crippen LogP contribution in [-0.4, -0.2) is 48.2 Å². The molecule has 1 fully saturated rings. The molecule has 0 unspecified atom stereocenters. The SMILES string of the molecule is O=C(O)C[C@H](C(=O)O)N1C(=O)/C(=C/c2ccc(-c3ccc([N+](=O)[O-])cc3Cl)o2)SC1=S. The van der Waals surface area contributed by atoms with Crippen molar-refractivity contribution in [2.75, 3.05) is 0 Å². The maximum atomic E-state index is 12.6. The smallest absolute Gasteiger partial charge is 0.327 e. The number of thiocarbonyl (C=S) groups is 1. The predicted molar refractivity (Wildman–Crippen MR) is 114 cm³/mol. The van der Waals surface area contributed by atoms with Gasteiger partial charge in [-0.25, -0.2) is 4.79 Å². The van der Waals surface area contributed by atoms with Gasteiger partial charge in [0.25, 0.3) is 11.6 Å². The lowest BCUT2D eigenvalue weighted by atomic mass is 10.1. The van der Waals surface area contributed by atoms with Gasteiger partial charge in [-0.15, -0.1) is 0 Å². The number of carbonyl (C=O) groups is 3. The molecule has 1 aliphatic heterocycles. The van der Waals surface area contributed by atoms with E-state index in [0.29, 0.717) is 5.56 Å². The molecule has 0 bridgehead atoms. The van der Waals surface area contributed by atoms with Crippen molar-refractivity contribution in [3.8, 4) is 11.3 Å². The summed E-state index contributed by atoms with van der Waals surface area (Å²) >= 11 is 12.0. The van der Waals surface area contributed by atoms with Gasteiger partial charge in [0.2, 0.25) is 0 Å². The van der Waals surface area contributed by atoms with E-state index in [0.717, 1.165) is 16.7 Å². The van der Waals surface area contributed by atoms with Crippen molar-refractivity contribution in [1.29, 1.82) is 0 Å². The van der Waals surface area contributed by atoms with Crippen molar-refractivity contribution in [3.63, 3.8) is 0 Å². The van der Waals surface area contributed by atoms with Crippen LogP contribution in [0.5, 0.6) is 0 Å². The Bertz CT molecular complexity index is 1160. The van der Waals surface area contributed by atoms with Crippen LogP contribution in [0.2, 0.25) is 5.02 Å². The highest BCUT2D eigenvalue weighted by atomic mass is 35.5. The molecular weight excluding hydrogens is 472 g/mol. The van der Waals surface area contributed by atoms with Crippen molar-refractivity contribution in [3.05, 3.63) is 56.1 Å². The van der Waals surface area contributed by atoms with E-state index in [1.54, 1.807) is 6.07 Å². The topological polar surface area (TPSA) is 151 Å². The number of amides is 1. The number of carboxylic acid groups (broad SMARTS) is 2. The van der Waals surface area contributed by atoms with Crippen LogP contribution in [0.4, 0.5) is 5.69 Å². The molecule has 1 aromatic heterocycles. The van der Waals surface area contributed by atoms with Crippen LogP contribution in [0.25, 0.3) is 17.4 Å². The molecule has 1 saturated heterocycles. The molecule has 2 N–H and O–H groups in total. The molecule has 1 aliphatic rings. The molecule has 1 atom stereocenters. The molecule has 1 aromatic carbocycles. The van der Waals surface area contributed by atoms with E-state index >= 15 is 0 Å². The molecule has 0 radical (unpaired) electrons. The number of nitrogens with zero attached hydrogens (tertiary/aromatic N) is 2.